The van der Waals surface area contributed by atoms with E-state index in [2.05, 4.69) is 0 Å². The molecule has 0 aliphatic heterocycles. The molecule has 0 amide bonds. The van der Waals surface area contributed by atoms with Gasteiger partial charge in [0.05, 0.1) is 7.98 Å². The summed E-state index contributed by atoms with van der Waals surface area (Å²) in [7, 11) is 3.96. The van der Waals surface area contributed by atoms with Crippen molar-refractivity contribution in [2.24, 2.45) is 0 Å². The molecule has 0 aromatic carbocycles. The maximum absolute atomic E-state index is 11.5. The van der Waals surface area contributed by atoms with E-state index in [1.54, 1.807) is 0 Å². The highest BCUT2D eigenvalue weighted by molar-refractivity contribution is 5.67. The quantitative estimate of drug-likeness (QED) is 0.378. The number of hydrogen-bond acceptors (Lipinski definition) is 9. The van der Waals surface area contributed by atoms with E-state index in [1.165, 1.54) is 35.2 Å². The second kappa shape index (κ2) is 11.8. The molecule has 9 heteroatoms. The molecule has 24 heavy (non-hydrogen) atoms. The molecule has 0 saturated heterocycles. The monoisotopic (exact) mass is 351 g/mol. The first-order valence-electron chi connectivity index (χ1n) is 7.74. The van der Waals surface area contributed by atoms with Gasteiger partial charge in [-0.25, -0.2) is 0 Å². The third kappa shape index (κ3) is 8.23. The Morgan fingerprint density at radius 3 is 1.79 bits per heavy atom. The predicted octanol–water partition coefficient (Wildman–Crippen LogP) is 0.0893. The molecule has 0 radical (unpaired) electrons. The lowest BCUT2D eigenvalue weighted by Gasteiger charge is -2.34. The van der Waals surface area contributed by atoms with Crippen LogP contribution in [0.4, 0.5) is 0 Å². The average molecular weight is 351 g/mol. The summed E-state index contributed by atoms with van der Waals surface area (Å²) in [6.07, 6.45) is -4.36. The zero-order chi connectivity index (χ0) is 19.6. The van der Waals surface area contributed by atoms with Crippen LogP contribution in [0.5, 0.6) is 0 Å². The van der Waals surface area contributed by atoms with Crippen LogP contribution in [0, 0.1) is 0 Å². The standard InChI is InChI=1S/C15H26O9/c1-9(16)22-8-12(20-5)14(21-6)15(24-11(3)18)13(7-19-4)23-10(2)17/h12-15H,7-8H2,1-6H3/t12-,13+,14-,15+/m0/s1/i8D/t8-,12-,13+,14-,15+. The fourth-order valence-corrected chi connectivity index (χ4v) is 2.00. The van der Waals surface area contributed by atoms with E-state index in [-0.39, 0.29) is 6.61 Å². The van der Waals surface area contributed by atoms with Gasteiger partial charge in [-0.3, -0.25) is 14.4 Å². The van der Waals surface area contributed by atoms with Gasteiger partial charge >= 0.3 is 17.9 Å². The summed E-state index contributed by atoms with van der Waals surface area (Å²) >= 11 is 0. The fourth-order valence-electron chi connectivity index (χ4n) is 2.00. The first-order valence-corrected chi connectivity index (χ1v) is 7.16. The molecule has 0 heterocycles. The molecule has 5 atom stereocenters. The minimum absolute atomic E-state index is 0.0932. The van der Waals surface area contributed by atoms with Crippen molar-refractivity contribution in [3.63, 3.8) is 0 Å². The van der Waals surface area contributed by atoms with Crippen LogP contribution in [0.1, 0.15) is 22.1 Å². The van der Waals surface area contributed by atoms with Crippen LogP contribution in [-0.4, -0.2) is 76.8 Å². The lowest BCUT2D eigenvalue weighted by Crippen LogP contribution is -2.52. The molecule has 0 aromatic heterocycles. The van der Waals surface area contributed by atoms with Crippen molar-refractivity contribution in [2.45, 2.75) is 45.2 Å². The van der Waals surface area contributed by atoms with Crippen LogP contribution in [0.15, 0.2) is 0 Å². The molecule has 0 saturated carbocycles. The maximum Gasteiger partial charge on any atom is 0.303 e. The van der Waals surface area contributed by atoms with Crippen LogP contribution in [-0.2, 0) is 42.8 Å². The van der Waals surface area contributed by atoms with Crippen LogP contribution in [0.3, 0.4) is 0 Å². The lowest BCUT2D eigenvalue weighted by molar-refractivity contribution is -0.196. The summed E-state index contributed by atoms with van der Waals surface area (Å²) < 4.78 is 38.6. The summed E-state index contributed by atoms with van der Waals surface area (Å²) in [6.45, 7) is 1.96. The van der Waals surface area contributed by atoms with Gasteiger partial charge in [-0.15, -0.1) is 0 Å². The largest absolute Gasteiger partial charge is 0.463 e. The van der Waals surface area contributed by atoms with Crippen molar-refractivity contribution >= 4 is 17.9 Å². The Morgan fingerprint density at radius 1 is 0.833 bits per heavy atom. The molecule has 0 bridgehead atoms. The van der Waals surface area contributed by atoms with Gasteiger partial charge in [-0.2, -0.15) is 0 Å². The van der Waals surface area contributed by atoms with Crippen LogP contribution in [0.2, 0.25) is 0 Å². The Kier molecular flexibility index (Phi) is 9.97. The number of carbonyl (C=O) groups is 3. The van der Waals surface area contributed by atoms with Gasteiger partial charge in [0.2, 0.25) is 0 Å². The number of esters is 3. The molecule has 0 aliphatic carbocycles. The smallest absolute Gasteiger partial charge is 0.303 e. The molecule has 0 unspecified atom stereocenters. The minimum Gasteiger partial charge on any atom is -0.463 e. The Balaban J connectivity index is 5.67. The van der Waals surface area contributed by atoms with E-state index in [0.29, 0.717) is 0 Å². The average Bonchev–Trinajstić information content (AvgIpc) is 2.48. The van der Waals surface area contributed by atoms with E-state index in [9.17, 15) is 14.4 Å². The van der Waals surface area contributed by atoms with Gasteiger partial charge in [0.25, 0.3) is 0 Å². The third-order valence-corrected chi connectivity index (χ3v) is 2.88. The number of carbonyl (C=O) groups excluding carboxylic acids is 3. The van der Waals surface area contributed by atoms with Crippen LogP contribution in [0.25, 0.3) is 0 Å². The van der Waals surface area contributed by atoms with Gasteiger partial charge in [0.1, 0.15) is 18.8 Å². The van der Waals surface area contributed by atoms with Crippen molar-refractivity contribution in [1.29, 1.82) is 0 Å². The third-order valence-electron chi connectivity index (χ3n) is 2.88. The number of hydrogen-bond donors (Lipinski definition) is 0. The molecule has 0 rings (SSSR count). The SMILES string of the molecule is [2H][C@H](OC(C)=O)[C@H](OC)[C@H](OC)[C@H](OC(C)=O)[C@@H](COC)OC(C)=O. The fraction of sp³-hybridized carbons (Fsp3) is 0.800. The molecule has 9 nitrogen and oxygen atoms in total. The normalized spacial score (nSPS) is 17.7. The van der Waals surface area contributed by atoms with Gasteiger partial charge < -0.3 is 28.4 Å². The molecule has 0 fully saturated rings. The highest BCUT2D eigenvalue weighted by Crippen LogP contribution is 2.18. The van der Waals surface area contributed by atoms with Crippen molar-refractivity contribution < 1.29 is 44.2 Å². The van der Waals surface area contributed by atoms with Gasteiger partial charge in [-0.1, -0.05) is 0 Å². The lowest BCUT2D eigenvalue weighted by atomic mass is 10.0. The van der Waals surface area contributed by atoms with E-state index in [4.69, 9.17) is 29.8 Å². The maximum atomic E-state index is 11.5. The van der Waals surface area contributed by atoms with Crippen LogP contribution >= 0.6 is 0 Å². The van der Waals surface area contributed by atoms with Gasteiger partial charge in [-0.05, 0) is 0 Å². The van der Waals surface area contributed by atoms with Crippen molar-refractivity contribution in [3.05, 3.63) is 0 Å². The summed E-state index contributed by atoms with van der Waals surface area (Å²) in [5, 5.41) is 0. The molecule has 0 aliphatic rings. The molecule has 0 N–H and O–H groups in total. The molecule has 0 spiro atoms. The summed E-state index contributed by atoms with van der Waals surface area (Å²) in [5.41, 5.74) is 0. The van der Waals surface area contributed by atoms with Crippen molar-refractivity contribution in [3.8, 4) is 0 Å². The molecular formula is C15H26O9. The molecule has 140 valence electrons. The Hall–Kier alpha value is -1.71. The predicted molar refractivity (Wildman–Crippen MR) is 81.2 cm³/mol. The van der Waals surface area contributed by atoms with Gasteiger partial charge in [0.15, 0.2) is 12.2 Å². The summed E-state index contributed by atoms with van der Waals surface area (Å²) in [4.78, 5) is 33.9. The van der Waals surface area contributed by atoms with E-state index >= 15 is 0 Å². The van der Waals surface area contributed by atoms with Crippen LogP contribution < -0.4 is 0 Å². The van der Waals surface area contributed by atoms with Gasteiger partial charge in [0, 0.05) is 42.1 Å². The minimum atomic E-state index is -1.45. The van der Waals surface area contributed by atoms with E-state index in [0.717, 1.165) is 6.92 Å². The summed E-state index contributed by atoms with van der Waals surface area (Å²) in [5.74, 6) is -1.97. The van der Waals surface area contributed by atoms with Crippen molar-refractivity contribution in [2.75, 3.05) is 34.5 Å². The Bertz CT molecular complexity index is 443. The zero-order valence-corrected chi connectivity index (χ0v) is 14.8. The van der Waals surface area contributed by atoms with Crippen molar-refractivity contribution in [1.82, 2.24) is 0 Å². The molecule has 0 aromatic rings. The van der Waals surface area contributed by atoms with E-state index in [1.807, 2.05) is 0 Å². The first kappa shape index (κ1) is 20.3. The summed E-state index contributed by atoms with van der Waals surface area (Å²) in [6, 6.07) is 0. The second-order valence-electron chi connectivity index (χ2n) is 4.82. The van der Waals surface area contributed by atoms with E-state index < -0.39 is 48.9 Å². The number of rotatable bonds is 11. The Morgan fingerprint density at radius 2 is 1.42 bits per heavy atom. The highest BCUT2D eigenvalue weighted by atomic mass is 16.6. The number of ether oxygens (including phenoxy) is 6. The topological polar surface area (TPSA) is 107 Å². The number of methoxy groups -OCH3 is 3. The molecular weight excluding hydrogens is 324 g/mol. The zero-order valence-electron chi connectivity index (χ0n) is 15.8. The highest BCUT2D eigenvalue weighted by Gasteiger charge is 2.40. The first-order chi connectivity index (χ1) is 11.7. The second-order valence-corrected chi connectivity index (χ2v) is 4.82. The Labute approximate surface area is 142 Å².